The summed E-state index contributed by atoms with van der Waals surface area (Å²) in [6, 6.07) is 80.6. The van der Waals surface area contributed by atoms with E-state index in [1.807, 2.05) is 0 Å². The molecule has 0 amide bonds. The molecule has 0 unspecified atom stereocenters. The second-order valence-electron chi connectivity index (χ2n) is 14.8. The van der Waals surface area contributed by atoms with Crippen LogP contribution in [-0.2, 0) is 0 Å². The summed E-state index contributed by atoms with van der Waals surface area (Å²) in [5.74, 6) is 0. The first-order valence-electron chi connectivity index (χ1n) is 19.8. The van der Waals surface area contributed by atoms with Crippen molar-refractivity contribution in [2.24, 2.45) is 0 Å². The maximum atomic E-state index is 7.00. The molecule has 0 bridgehead atoms. The smallest absolute Gasteiger partial charge is 0.145 e. The van der Waals surface area contributed by atoms with Crippen LogP contribution in [0.4, 0.5) is 17.1 Å². The molecule has 0 aliphatic rings. The Hall–Kier alpha value is -7.68. The lowest BCUT2D eigenvalue weighted by Gasteiger charge is -2.29. The molecule has 1 aromatic heterocycles. The van der Waals surface area contributed by atoms with Crippen LogP contribution >= 0.6 is 0 Å². The molecule has 0 aliphatic heterocycles. The minimum absolute atomic E-state index is 0.860. The SMILES string of the molecule is c1ccc(-c2ccc(-c3ccccc3N(c3cccc(-c4ccccc4)c3)c3ccc(-c4cc5ccccc5c5ccccc45)c4oc5ccccc5c34)cc2)cc1. The maximum Gasteiger partial charge on any atom is 0.145 e. The molecular formula is C56H37NO. The Labute approximate surface area is 337 Å². The molecule has 0 fully saturated rings. The van der Waals surface area contributed by atoms with E-state index in [2.05, 4.69) is 229 Å². The van der Waals surface area contributed by atoms with Gasteiger partial charge in [-0.15, -0.1) is 0 Å². The fourth-order valence-electron chi connectivity index (χ4n) is 8.73. The molecule has 0 atom stereocenters. The summed E-state index contributed by atoms with van der Waals surface area (Å²) < 4.78 is 7.00. The summed E-state index contributed by atoms with van der Waals surface area (Å²) in [4.78, 5) is 2.43. The van der Waals surface area contributed by atoms with E-state index in [1.54, 1.807) is 0 Å². The van der Waals surface area contributed by atoms with E-state index in [4.69, 9.17) is 4.42 Å². The van der Waals surface area contributed by atoms with Gasteiger partial charge in [-0.3, -0.25) is 0 Å². The second kappa shape index (κ2) is 14.1. The third-order valence-electron chi connectivity index (χ3n) is 11.5. The number of hydrogen-bond donors (Lipinski definition) is 0. The van der Waals surface area contributed by atoms with Gasteiger partial charge in [-0.25, -0.2) is 0 Å². The van der Waals surface area contributed by atoms with E-state index in [-0.39, 0.29) is 0 Å². The van der Waals surface area contributed by atoms with Crippen molar-refractivity contribution in [1.82, 2.24) is 0 Å². The Morgan fingerprint density at radius 1 is 0.310 bits per heavy atom. The molecule has 11 aromatic rings. The third-order valence-corrected chi connectivity index (χ3v) is 11.5. The van der Waals surface area contributed by atoms with Crippen LogP contribution in [0.3, 0.4) is 0 Å². The van der Waals surface area contributed by atoms with E-state index in [0.717, 1.165) is 66.8 Å². The van der Waals surface area contributed by atoms with Gasteiger partial charge >= 0.3 is 0 Å². The highest BCUT2D eigenvalue weighted by molar-refractivity contribution is 6.21. The van der Waals surface area contributed by atoms with E-state index in [0.29, 0.717) is 0 Å². The molecule has 0 radical (unpaired) electrons. The molecule has 2 nitrogen and oxygen atoms in total. The highest BCUT2D eigenvalue weighted by Gasteiger charge is 2.25. The monoisotopic (exact) mass is 739 g/mol. The van der Waals surface area contributed by atoms with E-state index in [9.17, 15) is 0 Å². The van der Waals surface area contributed by atoms with Crippen LogP contribution in [0.2, 0.25) is 0 Å². The average Bonchev–Trinajstić information content (AvgIpc) is 3.70. The standard InChI is InChI=1S/C56H37NO/c1-3-16-38(17-4-1)40-30-32-41(33-31-40)46-24-11-13-28-52(46)57(44-22-15-21-42(36-44)39-18-5-2-6-19-39)53-35-34-49(56-55(53)50-27-12-14-29-54(50)58-56)51-37-43-20-7-8-23-45(43)47-25-9-10-26-48(47)51/h1-37H. The molecule has 58 heavy (non-hydrogen) atoms. The van der Waals surface area contributed by atoms with Crippen molar-refractivity contribution in [2.75, 3.05) is 4.90 Å². The zero-order valence-electron chi connectivity index (χ0n) is 31.7. The van der Waals surface area contributed by atoms with Gasteiger partial charge < -0.3 is 9.32 Å². The Morgan fingerprint density at radius 3 is 1.69 bits per heavy atom. The quantitative estimate of drug-likeness (QED) is 0.151. The molecule has 2 heteroatoms. The number of anilines is 3. The van der Waals surface area contributed by atoms with Crippen molar-refractivity contribution in [3.63, 3.8) is 0 Å². The minimum Gasteiger partial charge on any atom is -0.455 e. The third kappa shape index (κ3) is 5.74. The van der Waals surface area contributed by atoms with Crippen molar-refractivity contribution in [2.45, 2.75) is 0 Å². The van der Waals surface area contributed by atoms with Crippen LogP contribution in [0.15, 0.2) is 229 Å². The molecule has 0 saturated carbocycles. The molecule has 0 saturated heterocycles. The van der Waals surface area contributed by atoms with E-state index >= 15 is 0 Å². The Kier molecular flexibility index (Phi) is 8.19. The molecule has 0 spiro atoms. The molecule has 0 aliphatic carbocycles. The summed E-state index contributed by atoms with van der Waals surface area (Å²) in [7, 11) is 0. The van der Waals surface area contributed by atoms with Crippen molar-refractivity contribution < 1.29 is 4.42 Å². The summed E-state index contributed by atoms with van der Waals surface area (Å²) in [5.41, 5.74) is 14.1. The average molecular weight is 740 g/mol. The Morgan fingerprint density at radius 2 is 0.897 bits per heavy atom. The van der Waals surface area contributed by atoms with Crippen molar-refractivity contribution in [3.05, 3.63) is 224 Å². The maximum absolute atomic E-state index is 7.00. The normalized spacial score (nSPS) is 11.4. The number of furan rings is 1. The first-order chi connectivity index (χ1) is 28.8. The molecule has 11 rings (SSSR count). The summed E-state index contributed by atoms with van der Waals surface area (Å²) >= 11 is 0. The van der Waals surface area contributed by atoms with Gasteiger partial charge in [0.2, 0.25) is 0 Å². The molecule has 272 valence electrons. The lowest BCUT2D eigenvalue weighted by atomic mass is 9.91. The van der Waals surface area contributed by atoms with Crippen LogP contribution in [0.1, 0.15) is 0 Å². The number of hydrogen-bond acceptors (Lipinski definition) is 2. The van der Waals surface area contributed by atoms with Crippen LogP contribution in [0, 0.1) is 0 Å². The largest absolute Gasteiger partial charge is 0.455 e. The molecule has 10 aromatic carbocycles. The Bertz CT molecular complexity index is 3270. The highest BCUT2D eigenvalue weighted by Crippen LogP contribution is 2.49. The van der Waals surface area contributed by atoms with E-state index < -0.39 is 0 Å². The summed E-state index contributed by atoms with van der Waals surface area (Å²) in [5, 5.41) is 7.04. The lowest BCUT2D eigenvalue weighted by molar-refractivity contribution is 0.670. The van der Waals surface area contributed by atoms with Gasteiger partial charge in [0, 0.05) is 22.2 Å². The molecule has 0 N–H and O–H groups in total. The van der Waals surface area contributed by atoms with Gasteiger partial charge in [0.05, 0.1) is 16.8 Å². The summed E-state index contributed by atoms with van der Waals surface area (Å²) in [6.07, 6.45) is 0. The highest BCUT2D eigenvalue weighted by atomic mass is 16.3. The molecular weight excluding hydrogens is 703 g/mol. The fourth-order valence-corrected chi connectivity index (χ4v) is 8.73. The predicted octanol–water partition coefficient (Wildman–Crippen LogP) is 16.0. The van der Waals surface area contributed by atoms with Crippen molar-refractivity contribution in [3.8, 4) is 44.5 Å². The van der Waals surface area contributed by atoms with Gasteiger partial charge in [-0.1, -0.05) is 182 Å². The van der Waals surface area contributed by atoms with Gasteiger partial charge in [0.25, 0.3) is 0 Å². The first kappa shape index (κ1) is 33.6. The van der Waals surface area contributed by atoms with Crippen molar-refractivity contribution in [1.29, 1.82) is 0 Å². The number of fused-ring (bicyclic) bond motifs is 6. The van der Waals surface area contributed by atoms with Gasteiger partial charge in [-0.05, 0) is 97.4 Å². The van der Waals surface area contributed by atoms with Crippen LogP contribution in [-0.4, -0.2) is 0 Å². The zero-order valence-corrected chi connectivity index (χ0v) is 31.7. The number of benzene rings is 10. The summed E-state index contributed by atoms with van der Waals surface area (Å²) in [6.45, 7) is 0. The minimum atomic E-state index is 0.860. The van der Waals surface area contributed by atoms with Crippen molar-refractivity contribution >= 4 is 60.5 Å². The number of nitrogens with zero attached hydrogens (tertiary/aromatic N) is 1. The van der Waals surface area contributed by atoms with Gasteiger partial charge in [-0.2, -0.15) is 0 Å². The van der Waals surface area contributed by atoms with Gasteiger partial charge in [0.15, 0.2) is 0 Å². The number of para-hydroxylation sites is 2. The van der Waals surface area contributed by atoms with Crippen LogP contribution < -0.4 is 4.90 Å². The van der Waals surface area contributed by atoms with Crippen LogP contribution in [0.25, 0.3) is 88.0 Å². The van der Waals surface area contributed by atoms with E-state index in [1.165, 1.54) is 38.2 Å². The first-order valence-corrected chi connectivity index (χ1v) is 19.8. The predicted molar refractivity (Wildman–Crippen MR) is 245 cm³/mol. The Balaban J connectivity index is 1.18. The topological polar surface area (TPSA) is 16.4 Å². The van der Waals surface area contributed by atoms with Gasteiger partial charge in [0.1, 0.15) is 11.2 Å². The van der Waals surface area contributed by atoms with Crippen LogP contribution in [0.5, 0.6) is 0 Å². The number of rotatable bonds is 7. The zero-order chi connectivity index (χ0) is 38.4. The fraction of sp³-hybridized carbons (Fsp3) is 0. The molecule has 1 heterocycles. The second-order valence-corrected chi connectivity index (χ2v) is 14.8. The lowest BCUT2D eigenvalue weighted by Crippen LogP contribution is -2.12.